The van der Waals surface area contributed by atoms with E-state index in [0.717, 1.165) is 0 Å². The normalized spacial score (nSPS) is 10.8. The van der Waals surface area contributed by atoms with E-state index < -0.39 is 5.91 Å². The van der Waals surface area contributed by atoms with Crippen LogP contribution in [0.1, 0.15) is 10.4 Å². The molecule has 0 spiro atoms. The largest absolute Gasteiger partial charge is 0.384 e. The van der Waals surface area contributed by atoms with E-state index in [1.807, 2.05) is 0 Å². The SMILES string of the molecule is Cn1c(N)c(C(N)=O)c2cc(Cl)cnc21. The fourth-order valence-corrected chi connectivity index (χ4v) is 1.72. The molecule has 78 valence electrons. The number of carbonyl (C=O) groups excluding carboxylic acids is 1. The van der Waals surface area contributed by atoms with Crippen LogP contribution in [0.25, 0.3) is 11.0 Å². The Bertz CT molecular complexity index is 561. The van der Waals surface area contributed by atoms with Gasteiger partial charge in [0.25, 0.3) is 5.91 Å². The van der Waals surface area contributed by atoms with E-state index in [9.17, 15) is 4.79 Å². The summed E-state index contributed by atoms with van der Waals surface area (Å²) < 4.78 is 1.60. The predicted octanol–water partition coefficient (Wildman–Crippen LogP) is 0.908. The van der Waals surface area contributed by atoms with Crippen molar-refractivity contribution in [1.29, 1.82) is 0 Å². The highest BCUT2D eigenvalue weighted by Gasteiger charge is 2.17. The van der Waals surface area contributed by atoms with Crippen LogP contribution in [0.15, 0.2) is 12.3 Å². The summed E-state index contributed by atoms with van der Waals surface area (Å²) >= 11 is 5.79. The number of aryl methyl sites for hydroxylation is 1. The van der Waals surface area contributed by atoms with E-state index in [2.05, 4.69) is 4.98 Å². The van der Waals surface area contributed by atoms with Crippen molar-refractivity contribution in [2.75, 3.05) is 5.73 Å². The lowest BCUT2D eigenvalue weighted by atomic mass is 10.2. The first-order valence-electron chi connectivity index (χ1n) is 4.21. The number of hydrogen-bond acceptors (Lipinski definition) is 3. The summed E-state index contributed by atoms with van der Waals surface area (Å²) in [6.45, 7) is 0. The molecule has 2 aromatic heterocycles. The van der Waals surface area contributed by atoms with Crippen molar-refractivity contribution in [1.82, 2.24) is 9.55 Å². The van der Waals surface area contributed by atoms with E-state index in [0.29, 0.717) is 21.9 Å². The first kappa shape index (κ1) is 9.79. The van der Waals surface area contributed by atoms with Gasteiger partial charge in [-0.25, -0.2) is 4.98 Å². The average molecular weight is 225 g/mol. The van der Waals surface area contributed by atoms with Gasteiger partial charge in [-0.05, 0) is 6.07 Å². The molecule has 5 nitrogen and oxygen atoms in total. The van der Waals surface area contributed by atoms with Crippen LogP contribution >= 0.6 is 11.6 Å². The van der Waals surface area contributed by atoms with Crippen LogP contribution in [-0.4, -0.2) is 15.5 Å². The molecule has 0 bridgehead atoms. The number of hydrogen-bond donors (Lipinski definition) is 2. The number of nitrogen functional groups attached to an aromatic ring is 1. The second-order valence-corrected chi connectivity index (χ2v) is 3.64. The molecule has 0 aliphatic heterocycles. The Morgan fingerprint density at radius 3 is 2.87 bits per heavy atom. The van der Waals surface area contributed by atoms with E-state index in [-0.39, 0.29) is 5.56 Å². The third kappa shape index (κ3) is 1.32. The van der Waals surface area contributed by atoms with Crippen LogP contribution in [0.3, 0.4) is 0 Å². The molecule has 1 amide bonds. The highest BCUT2D eigenvalue weighted by atomic mass is 35.5. The van der Waals surface area contributed by atoms with E-state index in [4.69, 9.17) is 23.1 Å². The van der Waals surface area contributed by atoms with E-state index in [1.165, 1.54) is 6.20 Å². The smallest absolute Gasteiger partial charge is 0.253 e. The lowest BCUT2D eigenvalue weighted by Gasteiger charge is -1.96. The Kier molecular flexibility index (Phi) is 2.04. The van der Waals surface area contributed by atoms with Crippen molar-refractivity contribution in [3.8, 4) is 0 Å². The minimum Gasteiger partial charge on any atom is -0.384 e. The van der Waals surface area contributed by atoms with Gasteiger partial charge in [-0.15, -0.1) is 0 Å². The molecule has 0 aliphatic carbocycles. The maximum absolute atomic E-state index is 11.2. The van der Waals surface area contributed by atoms with Crippen LogP contribution < -0.4 is 11.5 Å². The Hall–Kier alpha value is -1.75. The first-order chi connectivity index (χ1) is 7.02. The molecule has 0 atom stereocenters. The minimum absolute atomic E-state index is 0.266. The van der Waals surface area contributed by atoms with Crippen molar-refractivity contribution >= 4 is 34.4 Å². The molecule has 4 N–H and O–H groups in total. The van der Waals surface area contributed by atoms with Crippen LogP contribution in [0, 0.1) is 0 Å². The summed E-state index contributed by atoms with van der Waals surface area (Å²) in [5, 5.41) is 1.02. The van der Waals surface area contributed by atoms with Gasteiger partial charge in [0, 0.05) is 18.6 Å². The monoisotopic (exact) mass is 224 g/mol. The van der Waals surface area contributed by atoms with Gasteiger partial charge >= 0.3 is 0 Å². The van der Waals surface area contributed by atoms with Gasteiger partial charge in [0.1, 0.15) is 11.5 Å². The van der Waals surface area contributed by atoms with Gasteiger partial charge in [0.2, 0.25) is 0 Å². The second kappa shape index (κ2) is 3.13. The summed E-state index contributed by atoms with van der Waals surface area (Å²) in [6, 6.07) is 1.63. The Labute approximate surface area is 90.6 Å². The van der Waals surface area contributed by atoms with Gasteiger partial charge in [-0.1, -0.05) is 11.6 Å². The quantitative estimate of drug-likeness (QED) is 0.755. The number of primary amides is 1. The predicted molar refractivity (Wildman–Crippen MR) is 58.7 cm³/mol. The molecular weight excluding hydrogens is 216 g/mol. The summed E-state index contributed by atoms with van der Waals surface area (Å²) in [4.78, 5) is 15.3. The topological polar surface area (TPSA) is 86.9 Å². The van der Waals surface area contributed by atoms with Crippen LogP contribution in [0.4, 0.5) is 5.82 Å². The highest BCUT2D eigenvalue weighted by Crippen LogP contribution is 2.27. The van der Waals surface area contributed by atoms with Crippen molar-refractivity contribution in [3.63, 3.8) is 0 Å². The maximum atomic E-state index is 11.2. The lowest BCUT2D eigenvalue weighted by Crippen LogP contribution is -2.13. The molecule has 0 radical (unpaired) electrons. The van der Waals surface area contributed by atoms with Crippen LogP contribution in [-0.2, 0) is 7.05 Å². The number of rotatable bonds is 1. The van der Waals surface area contributed by atoms with Crippen molar-refractivity contribution in [2.24, 2.45) is 12.8 Å². The number of amides is 1. The lowest BCUT2D eigenvalue weighted by molar-refractivity contribution is 0.100. The number of carbonyl (C=O) groups is 1. The standard InChI is InChI=1S/C9H9ClN4O/c1-14-7(11)6(8(12)15)5-2-4(10)3-13-9(5)14/h2-3H,11H2,1H3,(H2,12,15). The fraction of sp³-hybridized carbons (Fsp3) is 0.111. The zero-order chi connectivity index (χ0) is 11.2. The molecular formula is C9H9ClN4O. The number of nitrogens with two attached hydrogens (primary N) is 2. The highest BCUT2D eigenvalue weighted by molar-refractivity contribution is 6.31. The average Bonchev–Trinajstić information content (AvgIpc) is 2.39. The van der Waals surface area contributed by atoms with Gasteiger partial charge in [-0.2, -0.15) is 0 Å². The van der Waals surface area contributed by atoms with E-state index in [1.54, 1.807) is 17.7 Å². The number of aromatic nitrogens is 2. The summed E-state index contributed by atoms with van der Waals surface area (Å²) in [7, 11) is 1.71. The molecule has 0 saturated heterocycles. The summed E-state index contributed by atoms with van der Waals surface area (Å²) in [5.41, 5.74) is 11.8. The Balaban J connectivity index is 2.95. The zero-order valence-electron chi connectivity index (χ0n) is 7.99. The van der Waals surface area contributed by atoms with Crippen molar-refractivity contribution in [2.45, 2.75) is 0 Å². The molecule has 0 unspecified atom stereocenters. The number of fused-ring (bicyclic) bond motifs is 1. The molecule has 15 heavy (non-hydrogen) atoms. The van der Waals surface area contributed by atoms with Crippen molar-refractivity contribution in [3.05, 3.63) is 22.8 Å². The first-order valence-corrected chi connectivity index (χ1v) is 4.59. The fourth-order valence-electron chi connectivity index (χ4n) is 1.56. The summed E-state index contributed by atoms with van der Waals surface area (Å²) in [5.74, 6) is -0.283. The molecule has 2 heterocycles. The number of nitrogens with zero attached hydrogens (tertiary/aromatic N) is 2. The van der Waals surface area contributed by atoms with Gasteiger partial charge in [-0.3, -0.25) is 4.79 Å². The zero-order valence-corrected chi connectivity index (χ0v) is 8.75. The van der Waals surface area contributed by atoms with Crippen LogP contribution in [0.2, 0.25) is 5.02 Å². The summed E-state index contributed by atoms with van der Waals surface area (Å²) in [6.07, 6.45) is 1.49. The Morgan fingerprint density at radius 1 is 1.60 bits per heavy atom. The Morgan fingerprint density at radius 2 is 2.27 bits per heavy atom. The number of anilines is 1. The second-order valence-electron chi connectivity index (χ2n) is 3.21. The minimum atomic E-state index is -0.581. The van der Waals surface area contributed by atoms with Crippen molar-refractivity contribution < 1.29 is 4.79 Å². The molecule has 0 fully saturated rings. The molecule has 0 saturated carbocycles. The maximum Gasteiger partial charge on any atom is 0.253 e. The van der Waals surface area contributed by atoms with E-state index >= 15 is 0 Å². The third-order valence-corrected chi connectivity index (χ3v) is 2.49. The number of pyridine rings is 1. The van der Waals surface area contributed by atoms with Gasteiger partial charge in [0.15, 0.2) is 0 Å². The van der Waals surface area contributed by atoms with Gasteiger partial charge in [0.05, 0.1) is 10.6 Å². The van der Waals surface area contributed by atoms with Crippen LogP contribution in [0.5, 0.6) is 0 Å². The third-order valence-electron chi connectivity index (χ3n) is 2.28. The van der Waals surface area contributed by atoms with Gasteiger partial charge < -0.3 is 16.0 Å². The molecule has 6 heteroatoms. The molecule has 0 aromatic carbocycles. The molecule has 2 aromatic rings. The molecule has 0 aliphatic rings. The number of halogens is 1. The molecule has 2 rings (SSSR count).